The Morgan fingerprint density at radius 3 is 2.96 bits per heavy atom. The van der Waals surface area contributed by atoms with Gasteiger partial charge in [-0.25, -0.2) is 14.4 Å². The van der Waals surface area contributed by atoms with Crippen molar-refractivity contribution in [3.8, 4) is 0 Å². The number of halogens is 2. The van der Waals surface area contributed by atoms with E-state index in [1.54, 1.807) is 11.1 Å². The van der Waals surface area contributed by atoms with Crippen LogP contribution < -0.4 is 10.2 Å². The quantitative estimate of drug-likeness (QED) is 0.679. The lowest BCUT2D eigenvalue weighted by molar-refractivity contribution is -0.126. The van der Waals surface area contributed by atoms with Crippen LogP contribution in [0.4, 0.5) is 10.2 Å². The van der Waals surface area contributed by atoms with Gasteiger partial charge in [-0.2, -0.15) is 4.98 Å². The first-order valence-electron chi connectivity index (χ1n) is 9.03. The van der Waals surface area contributed by atoms with Crippen LogP contribution in [-0.4, -0.2) is 38.3 Å². The standard InChI is InChI=1S/C19H20ClFN6O/c1-19(2,14-10-22-15-5-3-4-7-27(14)15)25-17(28)12-6-8-26(11-12)16-13(21)9-23-18(20)24-16/h3-5,7,9-10,12H,6,8,11H2,1-2H3,(H,25,28). The maximum atomic E-state index is 14.0. The maximum Gasteiger partial charge on any atom is 0.225 e. The number of carbonyl (C=O) groups is 1. The molecule has 1 amide bonds. The molecule has 0 aliphatic carbocycles. The predicted molar refractivity (Wildman–Crippen MR) is 104 cm³/mol. The number of rotatable bonds is 4. The Morgan fingerprint density at radius 2 is 2.14 bits per heavy atom. The van der Waals surface area contributed by atoms with E-state index in [0.29, 0.717) is 19.5 Å². The van der Waals surface area contributed by atoms with Gasteiger partial charge < -0.3 is 14.6 Å². The summed E-state index contributed by atoms with van der Waals surface area (Å²) < 4.78 is 16.0. The molecule has 4 rings (SSSR count). The summed E-state index contributed by atoms with van der Waals surface area (Å²) in [4.78, 5) is 26.6. The van der Waals surface area contributed by atoms with Crippen LogP contribution >= 0.6 is 11.6 Å². The van der Waals surface area contributed by atoms with E-state index in [1.165, 1.54) is 0 Å². The van der Waals surface area contributed by atoms with Gasteiger partial charge in [0.15, 0.2) is 11.6 Å². The Hall–Kier alpha value is -2.74. The summed E-state index contributed by atoms with van der Waals surface area (Å²) in [5.41, 5.74) is 1.09. The Kier molecular flexibility index (Phi) is 4.66. The summed E-state index contributed by atoms with van der Waals surface area (Å²) >= 11 is 5.78. The van der Waals surface area contributed by atoms with Gasteiger partial charge >= 0.3 is 0 Å². The lowest BCUT2D eigenvalue weighted by atomic mass is 9.98. The van der Waals surface area contributed by atoms with E-state index in [0.717, 1.165) is 17.5 Å². The molecule has 0 radical (unpaired) electrons. The summed E-state index contributed by atoms with van der Waals surface area (Å²) in [5, 5.41) is 3.10. The van der Waals surface area contributed by atoms with E-state index in [9.17, 15) is 9.18 Å². The molecule has 1 unspecified atom stereocenters. The van der Waals surface area contributed by atoms with Gasteiger partial charge in [0.25, 0.3) is 0 Å². The first-order chi connectivity index (χ1) is 13.3. The van der Waals surface area contributed by atoms with Gasteiger partial charge in [-0.1, -0.05) is 6.07 Å². The van der Waals surface area contributed by atoms with Crippen LogP contribution in [0.25, 0.3) is 5.65 Å². The number of hydrogen-bond acceptors (Lipinski definition) is 5. The zero-order valence-electron chi connectivity index (χ0n) is 15.6. The number of carbonyl (C=O) groups excluding carboxylic acids is 1. The van der Waals surface area contributed by atoms with Crippen LogP contribution in [-0.2, 0) is 10.3 Å². The second kappa shape index (κ2) is 7.01. The zero-order valence-corrected chi connectivity index (χ0v) is 16.3. The minimum atomic E-state index is -0.616. The summed E-state index contributed by atoms with van der Waals surface area (Å²) in [6.45, 7) is 4.79. The molecule has 0 saturated carbocycles. The zero-order chi connectivity index (χ0) is 19.9. The van der Waals surface area contributed by atoms with E-state index in [-0.39, 0.29) is 22.9 Å². The highest BCUT2D eigenvalue weighted by molar-refractivity contribution is 6.28. The number of anilines is 1. The van der Waals surface area contributed by atoms with E-state index < -0.39 is 11.4 Å². The van der Waals surface area contributed by atoms with E-state index in [1.807, 2.05) is 42.6 Å². The number of nitrogens with one attached hydrogen (secondary N) is 1. The maximum absolute atomic E-state index is 14.0. The van der Waals surface area contributed by atoms with Crippen molar-refractivity contribution in [3.63, 3.8) is 0 Å². The molecule has 3 aromatic rings. The van der Waals surface area contributed by atoms with Crippen LogP contribution in [0.5, 0.6) is 0 Å². The molecule has 146 valence electrons. The van der Waals surface area contributed by atoms with Gasteiger partial charge in [-0.05, 0) is 44.0 Å². The molecule has 7 nitrogen and oxygen atoms in total. The van der Waals surface area contributed by atoms with Crippen molar-refractivity contribution in [2.75, 3.05) is 18.0 Å². The number of amides is 1. The Labute approximate surface area is 166 Å². The van der Waals surface area contributed by atoms with Crippen molar-refractivity contribution >= 4 is 29.0 Å². The van der Waals surface area contributed by atoms with Gasteiger partial charge in [-0.3, -0.25) is 4.79 Å². The smallest absolute Gasteiger partial charge is 0.225 e. The molecule has 9 heteroatoms. The first-order valence-corrected chi connectivity index (χ1v) is 9.40. The molecule has 3 aromatic heterocycles. The molecule has 4 heterocycles. The van der Waals surface area contributed by atoms with E-state index >= 15 is 0 Å². The van der Waals surface area contributed by atoms with Crippen molar-refractivity contribution in [3.05, 3.63) is 53.6 Å². The molecule has 28 heavy (non-hydrogen) atoms. The number of imidazole rings is 1. The third kappa shape index (κ3) is 3.40. The van der Waals surface area contributed by atoms with Crippen molar-refractivity contribution < 1.29 is 9.18 Å². The van der Waals surface area contributed by atoms with E-state index in [2.05, 4.69) is 20.3 Å². The van der Waals surface area contributed by atoms with Gasteiger partial charge in [0, 0.05) is 19.3 Å². The molecule has 0 spiro atoms. The summed E-state index contributed by atoms with van der Waals surface area (Å²) in [6.07, 6.45) is 5.35. The molecule has 1 saturated heterocycles. The Morgan fingerprint density at radius 1 is 1.32 bits per heavy atom. The molecule has 0 bridgehead atoms. The molecule has 1 fully saturated rings. The number of hydrogen-bond donors (Lipinski definition) is 1. The molecule has 1 aliphatic heterocycles. The highest BCUT2D eigenvalue weighted by Gasteiger charge is 2.34. The van der Waals surface area contributed by atoms with Crippen molar-refractivity contribution in [1.29, 1.82) is 0 Å². The van der Waals surface area contributed by atoms with Gasteiger partial charge in [0.2, 0.25) is 11.2 Å². The summed E-state index contributed by atoms with van der Waals surface area (Å²) in [5.74, 6) is -0.765. The SMILES string of the molecule is CC(C)(NC(=O)C1CCN(c2nc(Cl)ncc2F)C1)c1cnc2ccccn12. The van der Waals surface area contributed by atoms with Gasteiger partial charge in [0.05, 0.1) is 29.5 Å². The fraction of sp³-hybridized carbons (Fsp3) is 0.368. The normalized spacial score (nSPS) is 17.3. The largest absolute Gasteiger partial charge is 0.353 e. The number of pyridine rings is 1. The summed E-state index contributed by atoms with van der Waals surface area (Å²) in [7, 11) is 0. The van der Waals surface area contributed by atoms with Gasteiger partial charge in [0.1, 0.15) is 5.65 Å². The van der Waals surface area contributed by atoms with Gasteiger partial charge in [-0.15, -0.1) is 0 Å². The summed E-state index contributed by atoms with van der Waals surface area (Å²) in [6, 6.07) is 5.76. The molecule has 1 atom stereocenters. The second-order valence-electron chi connectivity index (χ2n) is 7.43. The number of fused-ring (bicyclic) bond motifs is 1. The monoisotopic (exact) mass is 402 g/mol. The van der Waals surface area contributed by atoms with Crippen molar-refractivity contribution in [1.82, 2.24) is 24.7 Å². The second-order valence-corrected chi connectivity index (χ2v) is 7.77. The fourth-order valence-electron chi connectivity index (χ4n) is 3.59. The van der Waals surface area contributed by atoms with E-state index in [4.69, 9.17) is 11.6 Å². The molecule has 1 N–H and O–H groups in total. The minimum absolute atomic E-state index is 0.0157. The molecular formula is C19H20ClFN6O. The Balaban J connectivity index is 1.49. The highest BCUT2D eigenvalue weighted by Crippen LogP contribution is 2.27. The first kappa shape index (κ1) is 18.6. The third-order valence-corrected chi connectivity index (χ3v) is 5.23. The molecule has 0 aromatic carbocycles. The number of nitrogens with zero attached hydrogens (tertiary/aromatic N) is 5. The fourth-order valence-corrected chi connectivity index (χ4v) is 3.72. The third-order valence-electron chi connectivity index (χ3n) is 5.05. The van der Waals surface area contributed by atoms with Crippen LogP contribution in [0, 0.1) is 11.7 Å². The number of aromatic nitrogens is 4. The molecular weight excluding hydrogens is 383 g/mol. The highest BCUT2D eigenvalue weighted by atomic mass is 35.5. The predicted octanol–water partition coefficient (Wildman–Crippen LogP) is 2.79. The van der Waals surface area contributed by atoms with Crippen molar-refractivity contribution in [2.24, 2.45) is 5.92 Å². The topological polar surface area (TPSA) is 75.4 Å². The lowest BCUT2D eigenvalue weighted by Gasteiger charge is -2.27. The van der Waals surface area contributed by atoms with Crippen LogP contribution in [0.1, 0.15) is 26.0 Å². The van der Waals surface area contributed by atoms with Crippen LogP contribution in [0.2, 0.25) is 5.28 Å². The van der Waals surface area contributed by atoms with Crippen LogP contribution in [0.15, 0.2) is 36.8 Å². The minimum Gasteiger partial charge on any atom is -0.353 e. The lowest BCUT2D eigenvalue weighted by Crippen LogP contribution is -2.45. The average molecular weight is 403 g/mol. The molecule has 1 aliphatic rings. The average Bonchev–Trinajstić information content (AvgIpc) is 3.30. The van der Waals surface area contributed by atoms with Crippen LogP contribution in [0.3, 0.4) is 0 Å². The Bertz CT molecular complexity index is 1040. The van der Waals surface area contributed by atoms with Crippen molar-refractivity contribution in [2.45, 2.75) is 25.8 Å².